The average Bonchev–Trinajstić information content (AvgIpc) is 3.40. The molecule has 17 heteroatoms. The summed E-state index contributed by atoms with van der Waals surface area (Å²) >= 11 is 5.46. The maximum Gasteiger partial charge on any atom is 0.320 e. The fraction of sp³-hybridized carbons (Fsp3) is 0.429. The van der Waals surface area contributed by atoms with Gasteiger partial charge in [0.05, 0.1) is 17.5 Å². The Kier molecular flexibility index (Phi) is 9.88. The second-order valence-corrected chi connectivity index (χ2v) is 12.5. The molecule has 0 radical (unpaired) electrons. The molecule has 0 aliphatic carbocycles. The number of ether oxygens (including phenoxy) is 1. The number of aliphatic hydroxyl groups is 2. The molecule has 0 spiro atoms. The van der Waals surface area contributed by atoms with Crippen LogP contribution in [0.5, 0.6) is 0 Å². The van der Waals surface area contributed by atoms with E-state index in [1.54, 1.807) is 0 Å². The van der Waals surface area contributed by atoms with Crippen LogP contribution in [0, 0.1) is 0 Å². The molecule has 0 saturated carbocycles. The SMILES string of the molecule is C[S+](CC[C@H](N)C(=O)O)C[C@H]1O[C@@H](n2cnc3c(N)ncnc32)[C@H](O)[C@@H]1O.O=S(=O)([O-])c1ccc(Cl)cc1. The van der Waals surface area contributed by atoms with Gasteiger partial charge in [-0.3, -0.25) is 9.36 Å². The lowest BCUT2D eigenvalue weighted by molar-refractivity contribution is -0.138. The molecule has 0 amide bonds. The number of fused-ring (bicyclic) bond motifs is 1. The Morgan fingerprint density at radius 2 is 1.89 bits per heavy atom. The molecule has 7 N–H and O–H groups in total. The van der Waals surface area contributed by atoms with Crippen molar-refractivity contribution in [2.24, 2.45) is 5.73 Å². The summed E-state index contributed by atoms with van der Waals surface area (Å²) < 4.78 is 38.4. The molecule has 1 aromatic carbocycles. The maximum absolute atomic E-state index is 10.8. The molecular weight excluding hydrogens is 564 g/mol. The number of carboxylic acids is 1. The summed E-state index contributed by atoms with van der Waals surface area (Å²) in [5, 5.41) is 30.1. The molecule has 1 aliphatic heterocycles. The van der Waals surface area contributed by atoms with E-state index in [-0.39, 0.29) is 21.6 Å². The topological polar surface area (TPSA) is 240 Å². The zero-order valence-electron chi connectivity index (χ0n) is 20.0. The van der Waals surface area contributed by atoms with E-state index in [0.29, 0.717) is 34.1 Å². The Morgan fingerprint density at radius 3 is 2.50 bits per heavy atom. The van der Waals surface area contributed by atoms with Gasteiger partial charge in [0.25, 0.3) is 0 Å². The molecule has 14 nitrogen and oxygen atoms in total. The van der Waals surface area contributed by atoms with Gasteiger partial charge in [-0.2, -0.15) is 0 Å². The summed E-state index contributed by atoms with van der Waals surface area (Å²) in [5.41, 5.74) is 12.1. The monoisotopic (exact) mass is 590 g/mol. The van der Waals surface area contributed by atoms with Gasteiger partial charge in [-0.05, 0) is 35.2 Å². The van der Waals surface area contributed by atoms with Gasteiger partial charge in [-0.15, -0.1) is 0 Å². The largest absolute Gasteiger partial charge is 0.744 e. The zero-order valence-corrected chi connectivity index (χ0v) is 22.4. The summed E-state index contributed by atoms with van der Waals surface area (Å²) in [6, 6.07) is 4.14. The van der Waals surface area contributed by atoms with E-state index in [4.69, 9.17) is 32.9 Å². The number of halogens is 1. The van der Waals surface area contributed by atoms with Gasteiger partial charge in [0, 0.05) is 11.4 Å². The first kappa shape index (κ1) is 30.0. The Hall–Kier alpha value is -2.57. The second-order valence-electron chi connectivity index (χ2n) is 8.42. The van der Waals surface area contributed by atoms with Crippen molar-refractivity contribution in [3.8, 4) is 0 Å². The van der Waals surface area contributed by atoms with E-state index >= 15 is 0 Å². The number of aliphatic hydroxyl groups excluding tert-OH is 2. The molecule has 6 atom stereocenters. The van der Waals surface area contributed by atoms with E-state index in [1.165, 1.54) is 41.5 Å². The van der Waals surface area contributed by atoms with Crippen molar-refractivity contribution in [3.05, 3.63) is 41.9 Å². The average molecular weight is 591 g/mol. The molecule has 2 aromatic heterocycles. The quantitative estimate of drug-likeness (QED) is 0.161. The minimum Gasteiger partial charge on any atom is -0.744 e. The van der Waals surface area contributed by atoms with E-state index in [2.05, 4.69) is 15.0 Å². The number of anilines is 1. The lowest BCUT2D eigenvalue weighted by atomic mass is 10.1. The van der Waals surface area contributed by atoms with E-state index in [0.717, 1.165) is 0 Å². The highest BCUT2D eigenvalue weighted by atomic mass is 35.5. The predicted molar refractivity (Wildman–Crippen MR) is 138 cm³/mol. The molecule has 3 heterocycles. The van der Waals surface area contributed by atoms with Crippen molar-refractivity contribution in [1.82, 2.24) is 19.5 Å². The van der Waals surface area contributed by atoms with Crippen LogP contribution in [0.4, 0.5) is 5.82 Å². The number of benzene rings is 1. The molecule has 1 fully saturated rings. The maximum atomic E-state index is 10.8. The number of hydrogen-bond donors (Lipinski definition) is 5. The summed E-state index contributed by atoms with van der Waals surface area (Å²) in [6.45, 7) is 0. The van der Waals surface area contributed by atoms with Crippen LogP contribution in [0.2, 0.25) is 5.02 Å². The smallest absolute Gasteiger partial charge is 0.320 e. The van der Waals surface area contributed by atoms with E-state index < -0.39 is 46.7 Å². The first-order valence-electron chi connectivity index (χ1n) is 11.0. The Morgan fingerprint density at radius 1 is 1.24 bits per heavy atom. The van der Waals surface area contributed by atoms with Crippen molar-refractivity contribution < 1.29 is 37.8 Å². The summed E-state index contributed by atoms with van der Waals surface area (Å²) in [5.74, 6) is 0.254. The van der Waals surface area contributed by atoms with Crippen LogP contribution in [0.15, 0.2) is 41.8 Å². The molecule has 1 unspecified atom stereocenters. The molecule has 1 aliphatic rings. The van der Waals surface area contributed by atoms with Gasteiger partial charge in [0.15, 0.2) is 17.7 Å². The summed E-state index contributed by atoms with van der Waals surface area (Å²) in [4.78, 5) is 22.7. The minimum atomic E-state index is -4.33. The normalized spacial score (nSPS) is 23.0. The minimum absolute atomic E-state index is 0.216. The lowest BCUT2D eigenvalue weighted by Gasteiger charge is -2.16. The number of hydrogen-bond acceptors (Lipinski definition) is 12. The zero-order chi connectivity index (χ0) is 28.2. The van der Waals surface area contributed by atoms with Gasteiger partial charge < -0.3 is 36.1 Å². The van der Waals surface area contributed by atoms with Crippen LogP contribution < -0.4 is 11.5 Å². The molecule has 38 heavy (non-hydrogen) atoms. The van der Waals surface area contributed by atoms with Crippen LogP contribution in [0.25, 0.3) is 11.2 Å². The highest BCUT2D eigenvalue weighted by molar-refractivity contribution is 7.96. The number of aliphatic carboxylic acids is 1. The number of nitrogens with zero attached hydrogens (tertiary/aromatic N) is 4. The number of aromatic nitrogens is 4. The van der Waals surface area contributed by atoms with Crippen molar-refractivity contribution in [3.63, 3.8) is 0 Å². The first-order valence-corrected chi connectivity index (χ1v) is 14.8. The van der Waals surface area contributed by atoms with E-state index in [1.807, 2.05) is 6.26 Å². The first-order chi connectivity index (χ1) is 17.8. The van der Waals surface area contributed by atoms with Crippen LogP contribution >= 0.6 is 11.6 Å². The Bertz CT molecular complexity index is 1360. The van der Waals surface area contributed by atoms with E-state index in [9.17, 15) is 28.0 Å². The summed E-state index contributed by atoms with van der Waals surface area (Å²) in [6.07, 6.45) is 1.31. The highest BCUT2D eigenvalue weighted by Gasteiger charge is 2.46. The fourth-order valence-corrected chi connectivity index (χ4v) is 5.82. The fourth-order valence-electron chi connectivity index (χ4n) is 3.57. The van der Waals surface area contributed by atoms with Crippen molar-refractivity contribution in [2.45, 2.75) is 41.9 Å². The predicted octanol–water partition coefficient (Wildman–Crippen LogP) is -0.678. The molecular formula is C21H27ClN6O8S2. The molecule has 4 rings (SSSR count). The van der Waals surface area contributed by atoms with Crippen LogP contribution in [-0.4, -0.2) is 95.9 Å². The van der Waals surface area contributed by atoms with Crippen molar-refractivity contribution >= 4 is 55.6 Å². The van der Waals surface area contributed by atoms with Gasteiger partial charge in [-0.1, -0.05) is 11.6 Å². The Labute approximate surface area is 225 Å². The van der Waals surface area contributed by atoms with Crippen LogP contribution in [0.3, 0.4) is 0 Å². The van der Waals surface area contributed by atoms with Crippen molar-refractivity contribution in [1.29, 1.82) is 0 Å². The van der Waals surface area contributed by atoms with Gasteiger partial charge in [0.2, 0.25) is 0 Å². The van der Waals surface area contributed by atoms with Crippen LogP contribution in [0.1, 0.15) is 12.6 Å². The highest BCUT2D eigenvalue weighted by Crippen LogP contribution is 2.32. The number of nitrogens with two attached hydrogens (primary N) is 2. The third-order valence-electron chi connectivity index (χ3n) is 5.64. The molecule has 0 bridgehead atoms. The van der Waals surface area contributed by atoms with Gasteiger partial charge >= 0.3 is 5.97 Å². The number of carboxylic acid groups (broad SMARTS) is 1. The number of carbonyl (C=O) groups is 1. The molecule has 208 valence electrons. The number of rotatable bonds is 8. The Balaban J connectivity index is 0.000000304. The number of imidazole rings is 1. The second kappa shape index (κ2) is 12.5. The third kappa shape index (κ3) is 7.29. The standard InChI is InChI=1S/C15H22N6O5S.C6H5ClO3S/c1-27(3-2-7(16)15(24)25)4-8-10(22)11(23)14(26-8)21-6-20-9-12(17)18-5-19-13(9)21;7-5-1-3-6(4-2-5)11(8,9)10/h5-8,10-11,14,22-23H,2-4,16H2,1H3,(H2-,17,18,19,24,25);1-4H,(H,8,9,10)/t7-,8+,10+,11+,14+,27?;/m0./s1. The van der Waals surface area contributed by atoms with Crippen molar-refractivity contribution in [2.75, 3.05) is 23.5 Å². The third-order valence-corrected chi connectivity index (χ3v) is 8.58. The lowest BCUT2D eigenvalue weighted by Crippen LogP contribution is -2.37. The van der Waals surface area contributed by atoms with Crippen LogP contribution in [-0.2, 0) is 30.5 Å². The summed E-state index contributed by atoms with van der Waals surface area (Å²) in [7, 11) is -4.56. The number of nitrogen functional groups attached to an aromatic ring is 1. The van der Waals surface area contributed by atoms with Gasteiger partial charge in [0.1, 0.15) is 57.8 Å². The molecule has 3 aromatic rings. The molecule has 1 saturated heterocycles. The van der Waals surface area contributed by atoms with Gasteiger partial charge in [-0.25, -0.2) is 23.4 Å².